The number of hydrogen-bond acceptors (Lipinski definition) is 4. The standard InChI is InChI=1S/C13H18IN3O3/c1-3-16(4-2)13(18)7-8-15-12-6-5-10(17(19)20)9-11(12)14/h5-6,9,15H,3-4,7-8H2,1-2H3. The van der Waals surface area contributed by atoms with E-state index in [4.69, 9.17) is 0 Å². The average Bonchev–Trinajstić information content (AvgIpc) is 2.41. The molecule has 0 aromatic heterocycles. The van der Waals surface area contributed by atoms with Gasteiger partial charge in [-0.1, -0.05) is 0 Å². The van der Waals surface area contributed by atoms with Crippen LogP contribution in [0.3, 0.4) is 0 Å². The van der Waals surface area contributed by atoms with Crippen molar-refractivity contribution in [3.05, 3.63) is 31.9 Å². The molecule has 0 aliphatic rings. The van der Waals surface area contributed by atoms with Crippen molar-refractivity contribution in [3.63, 3.8) is 0 Å². The molecule has 1 rings (SSSR count). The zero-order valence-electron chi connectivity index (χ0n) is 11.6. The molecule has 0 bridgehead atoms. The zero-order chi connectivity index (χ0) is 15.1. The quantitative estimate of drug-likeness (QED) is 0.441. The Morgan fingerprint density at radius 2 is 2.05 bits per heavy atom. The number of nitro groups is 1. The first-order chi connectivity index (χ1) is 9.49. The predicted molar refractivity (Wildman–Crippen MR) is 86.8 cm³/mol. The lowest BCUT2D eigenvalue weighted by molar-refractivity contribution is -0.384. The molecule has 0 atom stereocenters. The van der Waals surface area contributed by atoms with Crippen molar-refractivity contribution in [1.82, 2.24) is 4.90 Å². The van der Waals surface area contributed by atoms with Gasteiger partial charge in [0.05, 0.1) is 4.92 Å². The van der Waals surface area contributed by atoms with Gasteiger partial charge in [-0.25, -0.2) is 0 Å². The Bertz CT molecular complexity index is 490. The summed E-state index contributed by atoms with van der Waals surface area (Å²) >= 11 is 2.04. The van der Waals surface area contributed by atoms with E-state index >= 15 is 0 Å². The SMILES string of the molecule is CCN(CC)C(=O)CCNc1ccc([N+](=O)[O-])cc1I. The third kappa shape index (κ3) is 4.62. The van der Waals surface area contributed by atoms with Crippen LogP contribution in [0.25, 0.3) is 0 Å². The van der Waals surface area contributed by atoms with Crippen LogP contribution in [-0.2, 0) is 4.79 Å². The zero-order valence-corrected chi connectivity index (χ0v) is 13.7. The summed E-state index contributed by atoms with van der Waals surface area (Å²) in [6.07, 6.45) is 0.411. The number of halogens is 1. The Morgan fingerprint density at radius 3 is 2.55 bits per heavy atom. The molecule has 0 aliphatic carbocycles. The molecule has 1 N–H and O–H groups in total. The minimum Gasteiger partial charge on any atom is -0.384 e. The van der Waals surface area contributed by atoms with Gasteiger partial charge in [-0.05, 0) is 42.5 Å². The van der Waals surface area contributed by atoms with Crippen molar-refractivity contribution in [2.24, 2.45) is 0 Å². The fourth-order valence-electron chi connectivity index (χ4n) is 1.80. The molecule has 0 fully saturated rings. The van der Waals surface area contributed by atoms with Crippen LogP contribution in [0.5, 0.6) is 0 Å². The summed E-state index contributed by atoms with van der Waals surface area (Å²) in [7, 11) is 0. The topological polar surface area (TPSA) is 75.5 Å². The molecule has 20 heavy (non-hydrogen) atoms. The number of rotatable bonds is 7. The molecule has 0 spiro atoms. The Balaban J connectivity index is 2.54. The maximum absolute atomic E-state index is 11.8. The van der Waals surface area contributed by atoms with E-state index < -0.39 is 4.92 Å². The Hall–Kier alpha value is -1.38. The second-order valence-corrected chi connectivity index (χ2v) is 5.33. The number of nitrogens with one attached hydrogen (secondary N) is 1. The molecule has 0 saturated heterocycles. The van der Waals surface area contributed by atoms with E-state index in [0.717, 1.165) is 9.26 Å². The predicted octanol–water partition coefficient (Wildman–Crippen LogP) is 2.87. The number of nitro benzene ring substituents is 1. The van der Waals surface area contributed by atoms with Gasteiger partial charge in [0.15, 0.2) is 0 Å². The van der Waals surface area contributed by atoms with Gasteiger partial charge in [0.1, 0.15) is 0 Å². The summed E-state index contributed by atoms with van der Waals surface area (Å²) in [4.78, 5) is 23.8. The number of amides is 1. The van der Waals surface area contributed by atoms with Gasteiger partial charge in [-0.3, -0.25) is 14.9 Å². The van der Waals surface area contributed by atoms with Crippen LogP contribution < -0.4 is 5.32 Å². The summed E-state index contributed by atoms with van der Waals surface area (Å²) in [5, 5.41) is 13.8. The van der Waals surface area contributed by atoms with Crippen LogP contribution in [0.2, 0.25) is 0 Å². The third-order valence-corrected chi connectivity index (χ3v) is 3.83. The number of carbonyl (C=O) groups excluding carboxylic acids is 1. The highest BCUT2D eigenvalue weighted by Crippen LogP contribution is 2.23. The second-order valence-electron chi connectivity index (χ2n) is 4.16. The largest absolute Gasteiger partial charge is 0.384 e. The Kier molecular flexibility index (Phi) is 6.69. The first-order valence-corrected chi connectivity index (χ1v) is 7.53. The summed E-state index contributed by atoms with van der Waals surface area (Å²) in [6, 6.07) is 4.63. The molecule has 6 nitrogen and oxygen atoms in total. The molecule has 1 amide bonds. The minimum absolute atomic E-state index is 0.0687. The van der Waals surface area contributed by atoms with Crippen LogP contribution in [0.15, 0.2) is 18.2 Å². The van der Waals surface area contributed by atoms with Crippen LogP contribution in [0.1, 0.15) is 20.3 Å². The van der Waals surface area contributed by atoms with E-state index in [1.165, 1.54) is 12.1 Å². The van der Waals surface area contributed by atoms with Crippen LogP contribution >= 0.6 is 22.6 Å². The van der Waals surface area contributed by atoms with Crippen molar-refractivity contribution in [2.45, 2.75) is 20.3 Å². The molecule has 0 unspecified atom stereocenters. The maximum Gasteiger partial charge on any atom is 0.270 e. The highest BCUT2D eigenvalue weighted by Gasteiger charge is 2.11. The lowest BCUT2D eigenvalue weighted by Crippen LogP contribution is -2.31. The lowest BCUT2D eigenvalue weighted by Gasteiger charge is -2.18. The number of nitrogens with zero attached hydrogens (tertiary/aromatic N) is 2. The van der Waals surface area contributed by atoms with Crippen molar-refractivity contribution >= 4 is 39.9 Å². The second kappa shape index (κ2) is 8.03. The van der Waals surface area contributed by atoms with E-state index in [1.54, 1.807) is 11.0 Å². The van der Waals surface area contributed by atoms with Gasteiger partial charge in [0, 0.05) is 47.4 Å². The fraction of sp³-hybridized carbons (Fsp3) is 0.462. The monoisotopic (exact) mass is 391 g/mol. The Morgan fingerprint density at radius 1 is 1.40 bits per heavy atom. The molecular formula is C13H18IN3O3. The van der Waals surface area contributed by atoms with Crippen molar-refractivity contribution in [1.29, 1.82) is 0 Å². The molecule has 1 aromatic carbocycles. The van der Waals surface area contributed by atoms with Crippen molar-refractivity contribution in [2.75, 3.05) is 25.0 Å². The number of non-ortho nitro benzene ring substituents is 1. The van der Waals surface area contributed by atoms with E-state index in [-0.39, 0.29) is 11.6 Å². The van der Waals surface area contributed by atoms with Gasteiger partial charge in [-0.15, -0.1) is 0 Å². The van der Waals surface area contributed by atoms with Crippen molar-refractivity contribution < 1.29 is 9.72 Å². The van der Waals surface area contributed by atoms with Gasteiger partial charge in [0.2, 0.25) is 5.91 Å². The highest BCUT2D eigenvalue weighted by atomic mass is 127. The fourth-order valence-corrected chi connectivity index (χ4v) is 2.49. The average molecular weight is 391 g/mol. The van der Waals surface area contributed by atoms with Gasteiger partial charge < -0.3 is 10.2 Å². The normalized spacial score (nSPS) is 10.2. The lowest BCUT2D eigenvalue weighted by atomic mass is 10.2. The Labute approximate surface area is 131 Å². The number of hydrogen-bond donors (Lipinski definition) is 1. The number of carbonyl (C=O) groups is 1. The van der Waals surface area contributed by atoms with E-state index in [2.05, 4.69) is 5.32 Å². The molecule has 0 aliphatic heterocycles. The molecule has 7 heteroatoms. The van der Waals surface area contributed by atoms with Crippen LogP contribution in [0.4, 0.5) is 11.4 Å². The van der Waals surface area contributed by atoms with E-state index in [9.17, 15) is 14.9 Å². The van der Waals surface area contributed by atoms with Gasteiger partial charge >= 0.3 is 0 Å². The van der Waals surface area contributed by atoms with Crippen molar-refractivity contribution in [3.8, 4) is 0 Å². The molecule has 110 valence electrons. The number of benzene rings is 1. The highest BCUT2D eigenvalue weighted by molar-refractivity contribution is 14.1. The first-order valence-electron chi connectivity index (χ1n) is 6.45. The summed E-state index contributed by atoms with van der Waals surface area (Å²) in [5.41, 5.74) is 0.878. The maximum atomic E-state index is 11.8. The first kappa shape index (κ1) is 16.7. The summed E-state index contributed by atoms with van der Waals surface area (Å²) in [6.45, 7) is 5.85. The smallest absolute Gasteiger partial charge is 0.270 e. The van der Waals surface area contributed by atoms with Crippen LogP contribution in [-0.4, -0.2) is 35.4 Å². The van der Waals surface area contributed by atoms with Crippen LogP contribution in [0, 0.1) is 13.7 Å². The van der Waals surface area contributed by atoms with Gasteiger partial charge in [-0.2, -0.15) is 0 Å². The third-order valence-electron chi connectivity index (χ3n) is 2.93. The van der Waals surface area contributed by atoms with E-state index in [1.807, 2.05) is 36.4 Å². The molecule has 0 radical (unpaired) electrons. The van der Waals surface area contributed by atoms with E-state index in [0.29, 0.717) is 26.1 Å². The molecular weight excluding hydrogens is 373 g/mol. The summed E-state index contributed by atoms with van der Waals surface area (Å²) in [5.74, 6) is 0.111. The molecule has 0 heterocycles. The van der Waals surface area contributed by atoms with Gasteiger partial charge in [0.25, 0.3) is 5.69 Å². The molecule has 1 aromatic rings. The molecule has 0 saturated carbocycles. The minimum atomic E-state index is -0.421. The number of anilines is 1. The summed E-state index contributed by atoms with van der Waals surface area (Å²) < 4.78 is 0.770.